The van der Waals surface area contributed by atoms with E-state index in [1.165, 1.54) is 7.11 Å². The Hall–Kier alpha value is -0.650. The molecule has 0 aromatic carbocycles. The monoisotopic (exact) mass is 230 g/mol. The van der Waals surface area contributed by atoms with Gasteiger partial charge in [-0.25, -0.2) is 0 Å². The number of morpholine rings is 1. The fourth-order valence-electron chi connectivity index (χ4n) is 1.94. The lowest BCUT2D eigenvalue weighted by Gasteiger charge is -2.27. The van der Waals surface area contributed by atoms with Gasteiger partial charge in [0.25, 0.3) is 0 Å². The molecule has 16 heavy (non-hydrogen) atoms. The third-order valence-corrected chi connectivity index (χ3v) is 2.73. The van der Waals surface area contributed by atoms with Crippen LogP contribution in [0.25, 0.3) is 0 Å². The van der Waals surface area contributed by atoms with Gasteiger partial charge in [0.05, 0.1) is 20.3 Å². The van der Waals surface area contributed by atoms with Crippen LogP contribution in [0, 0.1) is 0 Å². The summed E-state index contributed by atoms with van der Waals surface area (Å²) in [5.74, 6) is -0.222. The lowest BCUT2D eigenvalue weighted by Crippen LogP contribution is -2.47. The first kappa shape index (κ1) is 13.4. The highest BCUT2D eigenvalue weighted by Crippen LogP contribution is 2.03. The molecule has 0 saturated carbocycles. The zero-order valence-electron chi connectivity index (χ0n) is 10.3. The van der Waals surface area contributed by atoms with Gasteiger partial charge in [0, 0.05) is 18.6 Å². The first-order valence-electron chi connectivity index (χ1n) is 5.78. The highest BCUT2D eigenvalue weighted by Gasteiger charge is 2.20. The van der Waals surface area contributed by atoms with Crippen molar-refractivity contribution in [2.45, 2.75) is 38.4 Å². The number of hydrogen-bond donors (Lipinski definition) is 2. The number of carbonyl (C=O) groups is 1. The summed E-state index contributed by atoms with van der Waals surface area (Å²) < 4.78 is 10.0. The van der Waals surface area contributed by atoms with Gasteiger partial charge in [0.15, 0.2) is 0 Å². The van der Waals surface area contributed by atoms with Crippen molar-refractivity contribution >= 4 is 5.97 Å². The molecule has 2 N–H and O–H groups in total. The summed E-state index contributed by atoms with van der Waals surface area (Å²) in [6.07, 6.45) is 0.946. The highest BCUT2D eigenvalue weighted by molar-refractivity contribution is 5.75. The van der Waals surface area contributed by atoms with Gasteiger partial charge in [-0.2, -0.15) is 0 Å². The number of nitrogens with one attached hydrogen (secondary N) is 2. The number of carbonyl (C=O) groups excluding carboxylic acids is 1. The predicted octanol–water partition coefficient (Wildman–Crippen LogP) is -0.0955. The Kier molecular flexibility index (Phi) is 5.73. The maximum Gasteiger partial charge on any atom is 0.322 e. The van der Waals surface area contributed by atoms with Gasteiger partial charge in [-0.3, -0.25) is 4.79 Å². The van der Waals surface area contributed by atoms with Crippen molar-refractivity contribution in [2.24, 2.45) is 0 Å². The Morgan fingerprint density at radius 1 is 1.62 bits per heavy atom. The molecular formula is C11H22N2O3. The average Bonchev–Trinajstić information content (AvgIpc) is 2.29. The van der Waals surface area contributed by atoms with Crippen molar-refractivity contribution in [1.82, 2.24) is 10.6 Å². The molecule has 5 heteroatoms. The van der Waals surface area contributed by atoms with Crippen LogP contribution >= 0.6 is 0 Å². The Bertz CT molecular complexity index is 217. The zero-order valence-corrected chi connectivity index (χ0v) is 10.3. The second kappa shape index (κ2) is 6.83. The zero-order chi connectivity index (χ0) is 12.0. The number of hydrogen-bond acceptors (Lipinski definition) is 5. The van der Waals surface area contributed by atoms with Crippen molar-refractivity contribution in [3.63, 3.8) is 0 Å². The molecule has 1 rings (SSSR count). The van der Waals surface area contributed by atoms with Crippen LogP contribution in [0.2, 0.25) is 0 Å². The van der Waals surface area contributed by atoms with Crippen LogP contribution in [-0.4, -0.2) is 51.0 Å². The summed E-state index contributed by atoms with van der Waals surface area (Å²) in [5, 5.41) is 6.59. The predicted molar refractivity (Wildman–Crippen MR) is 61.3 cm³/mol. The molecule has 1 saturated heterocycles. The van der Waals surface area contributed by atoms with E-state index in [-0.39, 0.29) is 18.1 Å². The average molecular weight is 230 g/mol. The van der Waals surface area contributed by atoms with Crippen molar-refractivity contribution in [3.8, 4) is 0 Å². The van der Waals surface area contributed by atoms with Gasteiger partial charge >= 0.3 is 5.97 Å². The van der Waals surface area contributed by atoms with Crippen molar-refractivity contribution < 1.29 is 14.3 Å². The second-order valence-corrected chi connectivity index (χ2v) is 4.27. The van der Waals surface area contributed by atoms with Crippen LogP contribution in [0.1, 0.15) is 20.3 Å². The molecule has 0 amide bonds. The minimum absolute atomic E-state index is 0.222. The lowest BCUT2D eigenvalue weighted by atomic mass is 10.1. The third-order valence-electron chi connectivity index (χ3n) is 2.73. The molecule has 0 spiro atoms. The standard InChI is InChI=1S/C11H22N2O3/c1-8(13-9(2)11(14)15-3)6-10-7-16-5-4-12-10/h8-10,12-13H,4-7H2,1-3H3/t8?,9-,10?/m0/s1. The smallest absolute Gasteiger partial charge is 0.322 e. The van der Waals surface area contributed by atoms with E-state index in [2.05, 4.69) is 22.3 Å². The maximum atomic E-state index is 11.2. The molecule has 1 aliphatic heterocycles. The molecule has 1 aliphatic rings. The molecule has 0 aliphatic carbocycles. The van der Waals surface area contributed by atoms with Crippen molar-refractivity contribution in [2.75, 3.05) is 26.9 Å². The first-order chi connectivity index (χ1) is 7.63. The van der Waals surface area contributed by atoms with Crippen molar-refractivity contribution in [3.05, 3.63) is 0 Å². The van der Waals surface area contributed by atoms with E-state index in [1.54, 1.807) is 0 Å². The van der Waals surface area contributed by atoms with E-state index < -0.39 is 0 Å². The number of methoxy groups -OCH3 is 1. The molecular weight excluding hydrogens is 208 g/mol. The molecule has 3 atom stereocenters. The number of rotatable bonds is 5. The summed E-state index contributed by atoms with van der Waals surface area (Å²) >= 11 is 0. The van der Waals surface area contributed by atoms with E-state index in [4.69, 9.17) is 4.74 Å². The molecule has 94 valence electrons. The topological polar surface area (TPSA) is 59.6 Å². The Labute approximate surface area is 96.9 Å². The summed E-state index contributed by atoms with van der Waals surface area (Å²) in [7, 11) is 1.40. The minimum Gasteiger partial charge on any atom is -0.468 e. The van der Waals surface area contributed by atoms with Gasteiger partial charge in [0.1, 0.15) is 6.04 Å². The van der Waals surface area contributed by atoms with Crippen LogP contribution in [-0.2, 0) is 14.3 Å². The normalized spacial score (nSPS) is 24.8. The van der Waals surface area contributed by atoms with E-state index in [0.717, 1.165) is 26.2 Å². The molecule has 1 fully saturated rings. The highest BCUT2D eigenvalue weighted by atomic mass is 16.5. The van der Waals surface area contributed by atoms with Gasteiger partial charge < -0.3 is 20.1 Å². The summed E-state index contributed by atoms with van der Waals surface area (Å²) in [6.45, 7) is 6.32. The molecule has 0 radical (unpaired) electrons. The Morgan fingerprint density at radius 2 is 2.38 bits per heavy atom. The molecule has 5 nitrogen and oxygen atoms in total. The summed E-state index contributed by atoms with van der Waals surface area (Å²) in [6, 6.07) is 0.374. The third kappa shape index (κ3) is 4.47. The number of ether oxygens (including phenoxy) is 2. The Balaban J connectivity index is 2.23. The van der Waals surface area contributed by atoms with Gasteiger partial charge in [-0.15, -0.1) is 0 Å². The van der Waals surface area contributed by atoms with Gasteiger partial charge in [0.2, 0.25) is 0 Å². The Morgan fingerprint density at radius 3 is 2.94 bits per heavy atom. The summed E-state index contributed by atoms with van der Waals surface area (Å²) in [4.78, 5) is 11.2. The largest absolute Gasteiger partial charge is 0.468 e. The minimum atomic E-state index is -0.260. The molecule has 1 heterocycles. The van der Waals surface area contributed by atoms with E-state index in [0.29, 0.717) is 6.04 Å². The van der Waals surface area contributed by atoms with Crippen LogP contribution in [0.4, 0.5) is 0 Å². The van der Waals surface area contributed by atoms with E-state index in [1.807, 2.05) is 6.92 Å². The van der Waals surface area contributed by atoms with E-state index >= 15 is 0 Å². The lowest BCUT2D eigenvalue weighted by molar-refractivity contribution is -0.142. The van der Waals surface area contributed by atoms with Crippen LogP contribution in [0.3, 0.4) is 0 Å². The maximum absolute atomic E-state index is 11.2. The van der Waals surface area contributed by atoms with Gasteiger partial charge in [-0.05, 0) is 20.3 Å². The van der Waals surface area contributed by atoms with Crippen LogP contribution in [0.15, 0.2) is 0 Å². The van der Waals surface area contributed by atoms with Crippen LogP contribution < -0.4 is 10.6 Å². The quantitative estimate of drug-likeness (QED) is 0.646. The van der Waals surface area contributed by atoms with Gasteiger partial charge in [-0.1, -0.05) is 0 Å². The molecule has 0 aromatic heterocycles. The fourth-order valence-corrected chi connectivity index (χ4v) is 1.94. The molecule has 2 unspecified atom stereocenters. The number of esters is 1. The molecule has 0 aromatic rings. The second-order valence-electron chi connectivity index (χ2n) is 4.27. The fraction of sp³-hybridized carbons (Fsp3) is 0.909. The summed E-state index contributed by atoms with van der Waals surface area (Å²) in [5.41, 5.74) is 0. The first-order valence-corrected chi connectivity index (χ1v) is 5.78. The van der Waals surface area contributed by atoms with E-state index in [9.17, 15) is 4.79 Å². The van der Waals surface area contributed by atoms with Crippen LogP contribution in [0.5, 0.6) is 0 Å². The molecule has 0 bridgehead atoms. The van der Waals surface area contributed by atoms with Crippen molar-refractivity contribution in [1.29, 1.82) is 0 Å². The SMILES string of the molecule is COC(=O)[C@H](C)NC(C)CC1COCCN1.